The average Bonchev–Trinajstić information content (AvgIpc) is 3.19. The van der Waals surface area contributed by atoms with Crippen LogP contribution in [0.3, 0.4) is 0 Å². The van der Waals surface area contributed by atoms with Gasteiger partial charge in [-0.3, -0.25) is 0 Å². The number of nitrogens with one attached hydrogen (secondary N) is 2. The standard InChI is InChI=1S/C14H24N6O/c1-9-4-3-5-10(2)13(9)16-14(21)15-8-12-17-18-19-20(12)11-6-7-11/h9-11,13H,3-8H2,1-2H3,(H2,15,16,21)/t9-,10+,13?. The number of urea groups is 1. The van der Waals surface area contributed by atoms with Crippen LogP contribution in [0.25, 0.3) is 0 Å². The molecule has 0 radical (unpaired) electrons. The lowest BCUT2D eigenvalue weighted by molar-refractivity contribution is 0.194. The van der Waals surface area contributed by atoms with Crippen LogP contribution in [0.15, 0.2) is 0 Å². The molecule has 2 N–H and O–H groups in total. The Kier molecular flexibility index (Phi) is 4.07. The Morgan fingerprint density at radius 3 is 2.62 bits per heavy atom. The van der Waals surface area contributed by atoms with Crippen LogP contribution in [0.2, 0.25) is 0 Å². The third-order valence-electron chi connectivity index (χ3n) is 4.70. The van der Waals surface area contributed by atoms with Crippen molar-refractivity contribution < 1.29 is 4.79 Å². The molecule has 21 heavy (non-hydrogen) atoms. The van der Waals surface area contributed by atoms with E-state index < -0.39 is 0 Å². The molecule has 0 spiro atoms. The Labute approximate surface area is 124 Å². The number of nitrogens with zero attached hydrogens (tertiary/aromatic N) is 4. The Hall–Kier alpha value is -1.66. The Bertz CT molecular complexity index is 487. The van der Waals surface area contributed by atoms with Gasteiger partial charge in [0.25, 0.3) is 0 Å². The van der Waals surface area contributed by atoms with Crippen molar-refractivity contribution in [2.45, 2.75) is 64.6 Å². The number of carbonyl (C=O) groups excluding carboxylic acids is 1. The molecule has 2 fully saturated rings. The first-order chi connectivity index (χ1) is 10.1. The molecular formula is C14H24N6O. The zero-order valence-corrected chi connectivity index (χ0v) is 12.7. The molecule has 1 aromatic heterocycles. The second-order valence-corrected chi connectivity index (χ2v) is 6.51. The highest BCUT2D eigenvalue weighted by atomic mass is 16.2. The summed E-state index contributed by atoms with van der Waals surface area (Å²) in [5.41, 5.74) is 0. The van der Waals surface area contributed by atoms with Crippen molar-refractivity contribution in [3.8, 4) is 0 Å². The van der Waals surface area contributed by atoms with Crippen LogP contribution in [-0.2, 0) is 6.54 Å². The molecule has 7 heteroatoms. The van der Waals surface area contributed by atoms with E-state index in [0.717, 1.165) is 18.7 Å². The van der Waals surface area contributed by atoms with Gasteiger partial charge in [0.2, 0.25) is 0 Å². The topological polar surface area (TPSA) is 84.7 Å². The highest BCUT2D eigenvalue weighted by Gasteiger charge is 2.30. The number of amides is 2. The van der Waals surface area contributed by atoms with Crippen molar-refractivity contribution in [2.75, 3.05) is 0 Å². The molecule has 0 aliphatic heterocycles. The van der Waals surface area contributed by atoms with Crippen molar-refractivity contribution in [1.29, 1.82) is 0 Å². The molecule has 0 aromatic carbocycles. The molecule has 3 atom stereocenters. The smallest absolute Gasteiger partial charge is 0.315 e. The molecule has 0 saturated heterocycles. The fourth-order valence-corrected chi connectivity index (χ4v) is 3.26. The van der Waals surface area contributed by atoms with Gasteiger partial charge < -0.3 is 10.6 Å². The van der Waals surface area contributed by atoms with Gasteiger partial charge in [-0.25, -0.2) is 9.48 Å². The number of hydrogen-bond acceptors (Lipinski definition) is 4. The van der Waals surface area contributed by atoms with Gasteiger partial charge >= 0.3 is 6.03 Å². The number of hydrogen-bond donors (Lipinski definition) is 2. The monoisotopic (exact) mass is 292 g/mol. The maximum absolute atomic E-state index is 12.1. The molecule has 2 amide bonds. The van der Waals surface area contributed by atoms with E-state index in [4.69, 9.17) is 0 Å². The van der Waals surface area contributed by atoms with Crippen molar-refractivity contribution in [1.82, 2.24) is 30.8 Å². The molecular weight excluding hydrogens is 268 g/mol. The molecule has 3 rings (SSSR count). The van der Waals surface area contributed by atoms with Gasteiger partial charge in [0, 0.05) is 6.04 Å². The van der Waals surface area contributed by atoms with E-state index in [1.807, 2.05) is 4.68 Å². The minimum atomic E-state index is -0.119. The van der Waals surface area contributed by atoms with E-state index in [2.05, 4.69) is 40.0 Å². The SMILES string of the molecule is C[C@@H]1CCC[C@H](C)C1NC(=O)NCc1nnnn1C1CC1. The Morgan fingerprint density at radius 1 is 1.24 bits per heavy atom. The molecule has 1 heterocycles. The van der Waals surface area contributed by atoms with E-state index in [-0.39, 0.29) is 12.1 Å². The zero-order valence-electron chi connectivity index (χ0n) is 12.7. The summed E-state index contributed by atoms with van der Waals surface area (Å²) in [6.45, 7) is 4.81. The van der Waals surface area contributed by atoms with Crippen LogP contribution in [0, 0.1) is 11.8 Å². The quantitative estimate of drug-likeness (QED) is 0.883. The summed E-state index contributed by atoms with van der Waals surface area (Å²) in [6.07, 6.45) is 5.89. The van der Waals surface area contributed by atoms with Crippen molar-refractivity contribution in [3.05, 3.63) is 5.82 Å². The van der Waals surface area contributed by atoms with Gasteiger partial charge in [0.1, 0.15) is 0 Å². The van der Waals surface area contributed by atoms with Gasteiger partial charge in [-0.1, -0.05) is 20.3 Å². The molecule has 1 unspecified atom stereocenters. The first kappa shape index (κ1) is 14.3. The van der Waals surface area contributed by atoms with Crippen molar-refractivity contribution in [3.63, 3.8) is 0 Å². The van der Waals surface area contributed by atoms with Gasteiger partial charge in [-0.2, -0.15) is 0 Å². The fourth-order valence-electron chi connectivity index (χ4n) is 3.26. The lowest BCUT2D eigenvalue weighted by Gasteiger charge is -2.35. The normalized spacial score (nSPS) is 29.1. The highest BCUT2D eigenvalue weighted by molar-refractivity contribution is 5.74. The van der Waals surface area contributed by atoms with Gasteiger partial charge in [-0.15, -0.1) is 5.10 Å². The summed E-state index contributed by atoms with van der Waals surface area (Å²) in [5, 5.41) is 17.7. The third kappa shape index (κ3) is 3.33. The largest absolute Gasteiger partial charge is 0.335 e. The van der Waals surface area contributed by atoms with E-state index in [1.54, 1.807) is 0 Å². The number of rotatable bonds is 4. The fraction of sp³-hybridized carbons (Fsp3) is 0.857. The van der Waals surface area contributed by atoms with Crippen LogP contribution < -0.4 is 10.6 Å². The molecule has 2 saturated carbocycles. The lowest BCUT2D eigenvalue weighted by atomic mass is 9.79. The minimum absolute atomic E-state index is 0.119. The van der Waals surface area contributed by atoms with Crippen LogP contribution in [0.1, 0.15) is 57.8 Å². The summed E-state index contributed by atoms with van der Waals surface area (Å²) >= 11 is 0. The summed E-state index contributed by atoms with van der Waals surface area (Å²) in [5.74, 6) is 1.81. The number of aromatic nitrogens is 4. The first-order valence-electron chi connectivity index (χ1n) is 7.96. The number of carbonyl (C=O) groups is 1. The molecule has 2 aliphatic rings. The highest BCUT2D eigenvalue weighted by Crippen LogP contribution is 2.34. The minimum Gasteiger partial charge on any atom is -0.335 e. The van der Waals surface area contributed by atoms with E-state index in [0.29, 0.717) is 24.4 Å². The summed E-state index contributed by atoms with van der Waals surface area (Å²) in [4.78, 5) is 12.1. The average molecular weight is 292 g/mol. The third-order valence-corrected chi connectivity index (χ3v) is 4.70. The number of tetrazole rings is 1. The van der Waals surface area contributed by atoms with Crippen LogP contribution >= 0.6 is 0 Å². The van der Waals surface area contributed by atoms with Crippen LogP contribution in [0.4, 0.5) is 4.79 Å². The predicted molar refractivity (Wildman–Crippen MR) is 77.4 cm³/mol. The molecule has 0 bridgehead atoms. The maximum atomic E-state index is 12.1. The second kappa shape index (κ2) is 5.99. The van der Waals surface area contributed by atoms with Gasteiger partial charge in [0.05, 0.1) is 12.6 Å². The Balaban J connectivity index is 1.50. The molecule has 7 nitrogen and oxygen atoms in total. The van der Waals surface area contributed by atoms with Gasteiger partial charge in [0.15, 0.2) is 5.82 Å². The van der Waals surface area contributed by atoms with Crippen LogP contribution in [-0.4, -0.2) is 32.3 Å². The predicted octanol–water partition coefficient (Wildman–Crippen LogP) is 1.63. The van der Waals surface area contributed by atoms with E-state index >= 15 is 0 Å². The molecule has 1 aromatic rings. The first-order valence-corrected chi connectivity index (χ1v) is 7.96. The van der Waals surface area contributed by atoms with Crippen molar-refractivity contribution in [2.24, 2.45) is 11.8 Å². The maximum Gasteiger partial charge on any atom is 0.315 e. The molecule has 116 valence electrons. The summed E-state index contributed by atoms with van der Waals surface area (Å²) in [6, 6.07) is 0.572. The van der Waals surface area contributed by atoms with Crippen molar-refractivity contribution >= 4 is 6.03 Å². The zero-order chi connectivity index (χ0) is 14.8. The summed E-state index contributed by atoms with van der Waals surface area (Å²) < 4.78 is 1.83. The van der Waals surface area contributed by atoms with E-state index in [1.165, 1.54) is 19.3 Å². The Morgan fingerprint density at radius 2 is 1.95 bits per heavy atom. The second-order valence-electron chi connectivity index (χ2n) is 6.51. The van der Waals surface area contributed by atoms with Crippen LogP contribution in [0.5, 0.6) is 0 Å². The summed E-state index contributed by atoms with van der Waals surface area (Å²) in [7, 11) is 0. The van der Waals surface area contributed by atoms with Gasteiger partial charge in [-0.05, 0) is 47.9 Å². The van der Waals surface area contributed by atoms with E-state index in [9.17, 15) is 4.79 Å². The lowest BCUT2D eigenvalue weighted by Crippen LogP contribution is -2.49. The molecule has 2 aliphatic carbocycles.